The van der Waals surface area contributed by atoms with Crippen molar-refractivity contribution in [1.29, 1.82) is 0 Å². The fourth-order valence-electron chi connectivity index (χ4n) is 1.54. The summed E-state index contributed by atoms with van der Waals surface area (Å²) in [4.78, 5) is 22.4. The molecule has 1 fully saturated rings. The molecule has 1 heterocycles. The summed E-state index contributed by atoms with van der Waals surface area (Å²) in [7, 11) is 0. The van der Waals surface area contributed by atoms with Crippen molar-refractivity contribution in [2.45, 2.75) is 38.8 Å². The maximum atomic E-state index is 11.5. The molecule has 5 heteroatoms. The highest BCUT2D eigenvalue weighted by Crippen LogP contribution is 2.25. The van der Waals surface area contributed by atoms with Gasteiger partial charge in [0.15, 0.2) is 0 Å². The number of hydrogen-bond donors (Lipinski definition) is 1. The van der Waals surface area contributed by atoms with E-state index < -0.39 is 17.7 Å². The minimum Gasteiger partial charge on any atom is -0.444 e. The number of ether oxygens (including phenoxy) is 1. The fourth-order valence-corrected chi connectivity index (χ4v) is 2.86. The zero-order valence-corrected chi connectivity index (χ0v) is 10.8. The standard InChI is InChI=1S/C11H19NO3S/c1-11(2,3)15-10(14)12-9(6-13)8-4-5-16-7-8/h6,8-9H,4-5,7H2,1-3H3,(H,12,14). The Morgan fingerprint density at radius 3 is 2.69 bits per heavy atom. The fraction of sp³-hybridized carbons (Fsp3) is 0.818. The maximum Gasteiger partial charge on any atom is 0.408 e. The molecule has 92 valence electrons. The van der Waals surface area contributed by atoms with E-state index in [1.807, 2.05) is 11.8 Å². The van der Waals surface area contributed by atoms with E-state index in [0.717, 1.165) is 24.2 Å². The van der Waals surface area contributed by atoms with E-state index >= 15 is 0 Å². The Balaban J connectivity index is 2.43. The van der Waals surface area contributed by atoms with Gasteiger partial charge in [-0.2, -0.15) is 11.8 Å². The largest absolute Gasteiger partial charge is 0.444 e. The molecule has 0 spiro atoms. The minimum atomic E-state index is -0.526. The van der Waals surface area contributed by atoms with Crippen molar-refractivity contribution in [3.05, 3.63) is 0 Å². The summed E-state index contributed by atoms with van der Waals surface area (Å²) in [6.45, 7) is 5.40. The molecule has 0 aliphatic carbocycles. The third-order valence-electron chi connectivity index (χ3n) is 2.30. The van der Waals surface area contributed by atoms with Crippen LogP contribution in [0.1, 0.15) is 27.2 Å². The van der Waals surface area contributed by atoms with Crippen LogP contribution in [0.2, 0.25) is 0 Å². The van der Waals surface area contributed by atoms with Crippen LogP contribution in [0, 0.1) is 5.92 Å². The summed E-state index contributed by atoms with van der Waals surface area (Å²) >= 11 is 1.82. The zero-order valence-electron chi connectivity index (χ0n) is 9.99. The maximum absolute atomic E-state index is 11.5. The van der Waals surface area contributed by atoms with Crippen LogP contribution in [0.5, 0.6) is 0 Å². The molecule has 1 rings (SSSR count). The van der Waals surface area contributed by atoms with E-state index in [0.29, 0.717) is 0 Å². The molecule has 0 bridgehead atoms. The second-order valence-corrected chi connectivity index (χ2v) is 6.08. The van der Waals surface area contributed by atoms with Crippen LogP contribution >= 0.6 is 11.8 Å². The molecule has 1 aliphatic heterocycles. The molecule has 1 aliphatic rings. The summed E-state index contributed by atoms with van der Waals surface area (Å²) < 4.78 is 5.11. The van der Waals surface area contributed by atoms with Gasteiger partial charge < -0.3 is 14.8 Å². The molecule has 16 heavy (non-hydrogen) atoms. The molecular weight excluding hydrogens is 226 g/mol. The first-order valence-electron chi connectivity index (χ1n) is 5.45. The highest BCUT2D eigenvalue weighted by molar-refractivity contribution is 7.99. The third kappa shape index (κ3) is 4.43. The van der Waals surface area contributed by atoms with Gasteiger partial charge in [0.05, 0.1) is 6.04 Å². The lowest BCUT2D eigenvalue weighted by Crippen LogP contribution is -2.44. The molecule has 0 radical (unpaired) electrons. The lowest BCUT2D eigenvalue weighted by molar-refractivity contribution is -0.110. The van der Waals surface area contributed by atoms with E-state index in [1.54, 1.807) is 20.8 Å². The summed E-state index contributed by atoms with van der Waals surface area (Å²) in [5.41, 5.74) is -0.526. The van der Waals surface area contributed by atoms with Gasteiger partial charge in [-0.15, -0.1) is 0 Å². The third-order valence-corrected chi connectivity index (χ3v) is 3.49. The first-order valence-corrected chi connectivity index (χ1v) is 6.60. The van der Waals surface area contributed by atoms with Gasteiger partial charge in [-0.05, 0) is 44.6 Å². The summed E-state index contributed by atoms with van der Waals surface area (Å²) in [6, 6.07) is -0.412. The molecular formula is C11H19NO3S. The number of carbonyl (C=O) groups excluding carboxylic acids is 2. The number of amides is 1. The molecule has 2 unspecified atom stereocenters. The zero-order chi connectivity index (χ0) is 12.2. The summed E-state index contributed by atoms with van der Waals surface area (Å²) in [5.74, 6) is 2.24. The monoisotopic (exact) mass is 245 g/mol. The summed E-state index contributed by atoms with van der Waals surface area (Å²) in [5, 5.41) is 2.62. The van der Waals surface area contributed by atoms with Gasteiger partial charge >= 0.3 is 6.09 Å². The average Bonchev–Trinajstić information content (AvgIpc) is 2.63. The molecule has 4 nitrogen and oxygen atoms in total. The van der Waals surface area contributed by atoms with Crippen molar-refractivity contribution in [3.63, 3.8) is 0 Å². The van der Waals surface area contributed by atoms with Gasteiger partial charge in [0.2, 0.25) is 0 Å². The Kier molecular flexibility index (Phi) is 4.65. The van der Waals surface area contributed by atoms with Gasteiger partial charge in [0.25, 0.3) is 0 Å². The van der Waals surface area contributed by atoms with E-state index in [9.17, 15) is 9.59 Å². The number of aldehydes is 1. The highest BCUT2D eigenvalue weighted by Gasteiger charge is 2.28. The molecule has 0 aromatic carbocycles. The van der Waals surface area contributed by atoms with Crippen LogP contribution in [-0.4, -0.2) is 35.5 Å². The Morgan fingerprint density at radius 1 is 1.56 bits per heavy atom. The second kappa shape index (κ2) is 5.57. The second-order valence-electron chi connectivity index (χ2n) is 4.93. The van der Waals surface area contributed by atoms with Gasteiger partial charge in [-0.3, -0.25) is 0 Å². The Labute approximate surface area is 100 Å². The van der Waals surface area contributed by atoms with Crippen LogP contribution < -0.4 is 5.32 Å². The Hall–Kier alpha value is -0.710. The van der Waals surface area contributed by atoms with Gasteiger partial charge in [0.1, 0.15) is 11.9 Å². The number of thioether (sulfide) groups is 1. The van der Waals surface area contributed by atoms with Gasteiger partial charge in [-0.25, -0.2) is 4.79 Å². The SMILES string of the molecule is CC(C)(C)OC(=O)NC(C=O)C1CCSC1. The number of carbonyl (C=O) groups is 2. The molecule has 1 saturated heterocycles. The van der Waals surface area contributed by atoms with E-state index in [4.69, 9.17) is 4.74 Å². The van der Waals surface area contributed by atoms with Crippen molar-refractivity contribution >= 4 is 24.1 Å². The van der Waals surface area contributed by atoms with E-state index in [1.165, 1.54) is 0 Å². The number of rotatable bonds is 3. The van der Waals surface area contributed by atoms with Crippen molar-refractivity contribution in [3.8, 4) is 0 Å². The molecule has 0 saturated carbocycles. The van der Waals surface area contributed by atoms with Crippen molar-refractivity contribution < 1.29 is 14.3 Å². The lowest BCUT2D eigenvalue weighted by Gasteiger charge is -2.23. The van der Waals surface area contributed by atoms with E-state index in [-0.39, 0.29) is 5.92 Å². The van der Waals surface area contributed by atoms with Crippen LogP contribution in [0.15, 0.2) is 0 Å². The number of hydrogen-bond acceptors (Lipinski definition) is 4. The van der Waals surface area contributed by atoms with Crippen molar-refractivity contribution in [2.75, 3.05) is 11.5 Å². The molecule has 1 N–H and O–H groups in total. The molecule has 1 amide bonds. The van der Waals surface area contributed by atoms with Crippen LogP contribution in [0.25, 0.3) is 0 Å². The first-order chi connectivity index (χ1) is 7.42. The predicted molar refractivity (Wildman–Crippen MR) is 64.7 cm³/mol. The highest BCUT2D eigenvalue weighted by atomic mass is 32.2. The normalized spacial score (nSPS) is 22.6. The van der Waals surface area contributed by atoms with Gasteiger partial charge in [-0.1, -0.05) is 0 Å². The number of alkyl carbamates (subject to hydrolysis) is 1. The van der Waals surface area contributed by atoms with Crippen molar-refractivity contribution in [2.24, 2.45) is 5.92 Å². The molecule has 0 aromatic heterocycles. The average molecular weight is 245 g/mol. The minimum absolute atomic E-state index is 0.245. The van der Waals surface area contributed by atoms with E-state index in [2.05, 4.69) is 5.32 Å². The molecule has 0 aromatic rings. The predicted octanol–water partition coefficient (Wildman–Crippen LogP) is 1.83. The topological polar surface area (TPSA) is 55.4 Å². The number of nitrogens with one attached hydrogen (secondary N) is 1. The van der Waals surface area contributed by atoms with Crippen LogP contribution in [-0.2, 0) is 9.53 Å². The Bertz CT molecular complexity index is 256. The van der Waals surface area contributed by atoms with Crippen molar-refractivity contribution in [1.82, 2.24) is 5.32 Å². The lowest BCUT2D eigenvalue weighted by atomic mass is 10.0. The van der Waals surface area contributed by atoms with Crippen LogP contribution in [0.3, 0.4) is 0 Å². The quantitative estimate of drug-likeness (QED) is 0.771. The van der Waals surface area contributed by atoms with Crippen LogP contribution in [0.4, 0.5) is 4.79 Å². The Morgan fingerprint density at radius 2 is 2.25 bits per heavy atom. The first kappa shape index (κ1) is 13.4. The molecule has 2 atom stereocenters. The smallest absolute Gasteiger partial charge is 0.408 e. The van der Waals surface area contributed by atoms with Gasteiger partial charge in [0, 0.05) is 0 Å². The summed E-state index contributed by atoms with van der Waals surface area (Å²) in [6.07, 6.45) is 1.27.